The summed E-state index contributed by atoms with van der Waals surface area (Å²) < 4.78 is 13.5. The molecule has 0 saturated carbocycles. The highest BCUT2D eigenvalue weighted by Gasteiger charge is 2.14. The van der Waals surface area contributed by atoms with Crippen LogP contribution in [0.1, 0.15) is 12.5 Å². The van der Waals surface area contributed by atoms with Gasteiger partial charge in [-0.15, -0.1) is 11.8 Å². The number of hydrogen-bond donors (Lipinski definition) is 1. The number of rotatable bonds is 6. The van der Waals surface area contributed by atoms with E-state index in [9.17, 15) is 14.5 Å². The number of nitro benzene ring substituents is 1. The first-order valence-corrected chi connectivity index (χ1v) is 7.49. The van der Waals surface area contributed by atoms with Gasteiger partial charge in [0, 0.05) is 23.3 Å². The van der Waals surface area contributed by atoms with Crippen molar-refractivity contribution in [2.24, 2.45) is 0 Å². The van der Waals surface area contributed by atoms with Gasteiger partial charge >= 0.3 is 0 Å². The van der Waals surface area contributed by atoms with Gasteiger partial charge in [-0.05, 0) is 30.7 Å². The summed E-state index contributed by atoms with van der Waals surface area (Å²) in [4.78, 5) is 11.2. The number of hydrogen-bond acceptors (Lipinski definition) is 4. The Balaban J connectivity index is 2.16. The average Bonchev–Trinajstić information content (AvgIpc) is 2.47. The number of benzene rings is 2. The van der Waals surface area contributed by atoms with E-state index in [1.54, 1.807) is 24.3 Å². The molecule has 6 heteroatoms. The lowest BCUT2D eigenvalue weighted by molar-refractivity contribution is -0.384. The van der Waals surface area contributed by atoms with Crippen molar-refractivity contribution >= 4 is 23.1 Å². The molecule has 0 saturated heterocycles. The lowest BCUT2D eigenvalue weighted by Crippen LogP contribution is -2.01. The second-order valence-electron chi connectivity index (χ2n) is 4.36. The zero-order valence-corrected chi connectivity index (χ0v) is 12.3. The Bertz CT molecular complexity index is 649. The highest BCUT2D eigenvalue weighted by molar-refractivity contribution is 7.98. The van der Waals surface area contributed by atoms with E-state index in [2.05, 4.69) is 5.32 Å². The van der Waals surface area contributed by atoms with Gasteiger partial charge in [0.2, 0.25) is 0 Å². The first-order chi connectivity index (χ1) is 10.1. The largest absolute Gasteiger partial charge is 0.380 e. The molecule has 0 amide bonds. The van der Waals surface area contributed by atoms with Crippen LogP contribution in [-0.2, 0) is 5.75 Å². The fourth-order valence-electron chi connectivity index (χ4n) is 1.88. The normalized spacial score (nSPS) is 10.4. The topological polar surface area (TPSA) is 55.2 Å². The molecule has 0 fully saturated rings. The molecule has 0 aliphatic heterocycles. The minimum absolute atomic E-state index is 0.0449. The van der Waals surface area contributed by atoms with Crippen molar-refractivity contribution in [3.63, 3.8) is 0 Å². The smallest absolute Gasteiger partial charge is 0.292 e. The Labute approximate surface area is 126 Å². The van der Waals surface area contributed by atoms with Crippen LogP contribution in [0, 0.1) is 15.9 Å². The zero-order valence-electron chi connectivity index (χ0n) is 11.5. The molecule has 0 aliphatic rings. The van der Waals surface area contributed by atoms with Crippen LogP contribution in [0.25, 0.3) is 0 Å². The molecule has 4 nitrogen and oxygen atoms in total. The Morgan fingerprint density at radius 2 is 2.05 bits per heavy atom. The Morgan fingerprint density at radius 3 is 2.71 bits per heavy atom. The summed E-state index contributed by atoms with van der Waals surface area (Å²) in [6, 6.07) is 11.5. The zero-order chi connectivity index (χ0) is 15.2. The number of nitrogens with one attached hydrogen (secondary N) is 1. The molecule has 2 aromatic carbocycles. The van der Waals surface area contributed by atoms with E-state index < -0.39 is 4.92 Å². The third-order valence-corrected chi connectivity index (χ3v) is 3.98. The summed E-state index contributed by atoms with van der Waals surface area (Å²) >= 11 is 1.32. The van der Waals surface area contributed by atoms with Gasteiger partial charge in [-0.1, -0.05) is 18.2 Å². The van der Waals surface area contributed by atoms with Crippen LogP contribution in [0.15, 0.2) is 47.4 Å². The van der Waals surface area contributed by atoms with Gasteiger partial charge in [0.25, 0.3) is 5.69 Å². The van der Waals surface area contributed by atoms with Gasteiger partial charge in [0.15, 0.2) is 0 Å². The molecule has 2 rings (SSSR count). The number of nitrogens with zero attached hydrogens (tertiary/aromatic N) is 1. The molecule has 0 radical (unpaired) electrons. The van der Waals surface area contributed by atoms with Crippen LogP contribution in [0.5, 0.6) is 0 Å². The van der Waals surface area contributed by atoms with Gasteiger partial charge in [-0.25, -0.2) is 4.39 Å². The molecule has 0 spiro atoms. The van der Waals surface area contributed by atoms with Gasteiger partial charge < -0.3 is 5.32 Å². The maximum atomic E-state index is 13.5. The maximum Gasteiger partial charge on any atom is 0.292 e. The third kappa shape index (κ3) is 3.95. The van der Waals surface area contributed by atoms with E-state index in [0.717, 1.165) is 5.56 Å². The van der Waals surface area contributed by atoms with Crippen LogP contribution < -0.4 is 5.32 Å². The first-order valence-electron chi connectivity index (χ1n) is 6.50. The van der Waals surface area contributed by atoms with Crippen molar-refractivity contribution in [1.29, 1.82) is 0 Å². The molecule has 0 heterocycles. The maximum absolute atomic E-state index is 13.5. The van der Waals surface area contributed by atoms with E-state index >= 15 is 0 Å². The monoisotopic (exact) mass is 306 g/mol. The van der Waals surface area contributed by atoms with Crippen molar-refractivity contribution in [2.75, 3.05) is 11.9 Å². The number of anilines is 1. The molecular weight excluding hydrogens is 291 g/mol. The number of nitro groups is 1. The van der Waals surface area contributed by atoms with Crippen LogP contribution >= 0.6 is 11.8 Å². The van der Waals surface area contributed by atoms with Gasteiger partial charge in [-0.2, -0.15) is 0 Å². The highest BCUT2D eigenvalue weighted by atomic mass is 32.2. The summed E-state index contributed by atoms with van der Waals surface area (Å²) in [5.74, 6) is 0.204. The standard InChI is InChI=1S/C15H15FN2O2S/c1-2-17-13-8-7-11(9-14(13)18(19)20)10-21-15-6-4-3-5-12(15)16/h3-9,17H,2,10H2,1H3. The molecular formula is C15H15FN2O2S. The number of thioether (sulfide) groups is 1. The highest BCUT2D eigenvalue weighted by Crippen LogP contribution is 2.30. The molecule has 0 atom stereocenters. The van der Waals surface area contributed by atoms with Gasteiger partial charge in [0.05, 0.1) is 4.92 Å². The second-order valence-corrected chi connectivity index (χ2v) is 5.38. The average molecular weight is 306 g/mol. The molecule has 21 heavy (non-hydrogen) atoms. The van der Waals surface area contributed by atoms with Gasteiger partial charge in [0.1, 0.15) is 11.5 Å². The van der Waals surface area contributed by atoms with E-state index in [0.29, 0.717) is 22.9 Å². The molecule has 1 N–H and O–H groups in total. The minimum Gasteiger partial charge on any atom is -0.380 e. The molecule has 0 bridgehead atoms. The lowest BCUT2D eigenvalue weighted by Gasteiger charge is -2.07. The van der Waals surface area contributed by atoms with Crippen LogP contribution in [0.3, 0.4) is 0 Å². The summed E-state index contributed by atoms with van der Waals surface area (Å²) in [5.41, 5.74) is 1.34. The van der Waals surface area contributed by atoms with E-state index in [4.69, 9.17) is 0 Å². The fourth-order valence-corrected chi connectivity index (χ4v) is 2.76. The van der Waals surface area contributed by atoms with Crippen molar-refractivity contribution in [2.45, 2.75) is 17.6 Å². The minimum atomic E-state index is -0.407. The third-order valence-electron chi connectivity index (χ3n) is 2.86. The summed E-state index contributed by atoms with van der Waals surface area (Å²) in [6.45, 7) is 2.50. The molecule has 0 aromatic heterocycles. The van der Waals surface area contributed by atoms with Crippen molar-refractivity contribution in [1.82, 2.24) is 0 Å². The molecule has 2 aromatic rings. The van der Waals surface area contributed by atoms with Crippen LogP contribution in [-0.4, -0.2) is 11.5 Å². The molecule has 110 valence electrons. The van der Waals surface area contributed by atoms with Gasteiger partial charge in [-0.3, -0.25) is 10.1 Å². The summed E-state index contributed by atoms with van der Waals surface area (Å²) in [6.07, 6.45) is 0. The Hall–Kier alpha value is -2.08. The Morgan fingerprint density at radius 1 is 1.29 bits per heavy atom. The van der Waals surface area contributed by atoms with Crippen molar-refractivity contribution in [3.05, 3.63) is 64.0 Å². The molecule has 0 aliphatic carbocycles. The first kappa shape index (κ1) is 15.3. The van der Waals surface area contributed by atoms with Crippen LogP contribution in [0.4, 0.5) is 15.8 Å². The van der Waals surface area contributed by atoms with E-state index in [1.165, 1.54) is 23.9 Å². The van der Waals surface area contributed by atoms with Crippen molar-refractivity contribution < 1.29 is 9.31 Å². The van der Waals surface area contributed by atoms with Crippen molar-refractivity contribution in [3.8, 4) is 0 Å². The number of halogens is 1. The fraction of sp³-hybridized carbons (Fsp3) is 0.200. The Kier molecular flexibility index (Phi) is 5.16. The predicted octanol–water partition coefficient (Wildman–Crippen LogP) is 4.46. The molecule has 0 unspecified atom stereocenters. The van der Waals surface area contributed by atoms with E-state index in [1.807, 2.05) is 13.0 Å². The van der Waals surface area contributed by atoms with Crippen LogP contribution in [0.2, 0.25) is 0 Å². The summed E-state index contributed by atoms with van der Waals surface area (Å²) in [7, 11) is 0. The second kappa shape index (κ2) is 7.08. The lowest BCUT2D eigenvalue weighted by atomic mass is 10.2. The quantitative estimate of drug-likeness (QED) is 0.486. The SMILES string of the molecule is CCNc1ccc(CSc2ccccc2F)cc1[N+](=O)[O-]. The predicted molar refractivity (Wildman–Crippen MR) is 83.2 cm³/mol. The summed E-state index contributed by atoms with van der Waals surface area (Å²) in [5, 5.41) is 14.0. The van der Waals surface area contributed by atoms with E-state index in [-0.39, 0.29) is 11.5 Å².